The normalized spacial score (nSPS) is 16.4. The Morgan fingerprint density at radius 2 is 2.05 bits per heavy atom. The van der Waals surface area contributed by atoms with Gasteiger partial charge in [-0.05, 0) is 25.8 Å². The summed E-state index contributed by atoms with van der Waals surface area (Å²) in [6.07, 6.45) is 6.02. The zero-order valence-corrected chi connectivity index (χ0v) is 11.9. The Morgan fingerprint density at radius 3 is 2.80 bits per heavy atom. The van der Waals surface area contributed by atoms with Crippen molar-refractivity contribution in [3.05, 3.63) is 30.0 Å². The van der Waals surface area contributed by atoms with Crippen LogP contribution < -0.4 is 0 Å². The van der Waals surface area contributed by atoms with Gasteiger partial charge in [0, 0.05) is 18.0 Å². The molecular formula is C16H21N3O. The maximum atomic E-state index is 12.8. The molecule has 4 heteroatoms. The second kappa shape index (κ2) is 5.65. The molecule has 0 saturated heterocycles. The van der Waals surface area contributed by atoms with Gasteiger partial charge in [-0.2, -0.15) is 5.10 Å². The van der Waals surface area contributed by atoms with Crippen LogP contribution in [0.1, 0.15) is 49.5 Å². The molecule has 1 N–H and O–H groups in total. The van der Waals surface area contributed by atoms with Gasteiger partial charge in [0.25, 0.3) is 5.91 Å². The highest BCUT2D eigenvalue weighted by Crippen LogP contribution is 2.25. The van der Waals surface area contributed by atoms with E-state index >= 15 is 0 Å². The van der Waals surface area contributed by atoms with Gasteiger partial charge in [-0.25, -0.2) is 0 Å². The van der Waals surface area contributed by atoms with Crippen molar-refractivity contribution in [2.24, 2.45) is 0 Å². The van der Waals surface area contributed by atoms with E-state index in [1.165, 1.54) is 19.3 Å². The first kappa shape index (κ1) is 13.2. The van der Waals surface area contributed by atoms with Crippen LogP contribution in [0.5, 0.6) is 0 Å². The number of nitrogens with zero attached hydrogens (tertiary/aromatic N) is 2. The lowest BCUT2D eigenvalue weighted by atomic mass is 9.94. The number of para-hydroxylation sites is 1. The third-order valence-corrected chi connectivity index (χ3v) is 4.29. The Bertz CT molecular complexity index is 599. The molecule has 0 atom stereocenters. The van der Waals surface area contributed by atoms with Crippen LogP contribution in [0.4, 0.5) is 0 Å². The number of fused-ring (bicyclic) bond motifs is 1. The van der Waals surface area contributed by atoms with E-state index in [1.54, 1.807) is 0 Å². The van der Waals surface area contributed by atoms with Crippen molar-refractivity contribution in [2.75, 3.05) is 6.54 Å². The molecule has 3 rings (SSSR count). The van der Waals surface area contributed by atoms with E-state index in [2.05, 4.69) is 17.1 Å². The fourth-order valence-corrected chi connectivity index (χ4v) is 3.22. The molecule has 1 fully saturated rings. The predicted molar refractivity (Wildman–Crippen MR) is 79.7 cm³/mol. The zero-order valence-electron chi connectivity index (χ0n) is 11.9. The van der Waals surface area contributed by atoms with Gasteiger partial charge in [-0.15, -0.1) is 0 Å². The number of aromatic nitrogens is 2. The fraction of sp³-hybridized carbons (Fsp3) is 0.500. The molecular weight excluding hydrogens is 250 g/mol. The highest BCUT2D eigenvalue weighted by atomic mass is 16.2. The molecule has 106 valence electrons. The first-order valence-corrected chi connectivity index (χ1v) is 7.55. The van der Waals surface area contributed by atoms with E-state index in [-0.39, 0.29) is 5.91 Å². The third-order valence-electron chi connectivity index (χ3n) is 4.29. The van der Waals surface area contributed by atoms with E-state index in [9.17, 15) is 4.79 Å². The predicted octanol–water partition coefficient (Wildman–Crippen LogP) is 3.36. The summed E-state index contributed by atoms with van der Waals surface area (Å²) in [5.74, 6) is 0.0665. The van der Waals surface area contributed by atoms with Crippen LogP contribution in [-0.2, 0) is 0 Å². The number of hydrogen-bond acceptors (Lipinski definition) is 2. The monoisotopic (exact) mass is 271 g/mol. The standard InChI is InChI=1S/C16H21N3O/c1-2-19(12-8-4-3-5-9-12)16(20)15-13-10-6-7-11-14(13)17-18-15/h6-7,10-12H,2-5,8-9H2,1H3,(H,17,18). The van der Waals surface area contributed by atoms with Crippen molar-refractivity contribution in [3.63, 3.8) is 0 Å². The van der Waals surface area contributed by atoms with Gasteiger partial charge in [-0.3, -0.25) is 9.89 Å². The molecule has 1 saturated carbocycles. The largest absolute Gasteiger partial charge is 0.335 e. The molecule has 0 radical (unpaired) electrons. The van der Waals surface area contributed by atoms with E-state index in [0.717, 1.165) is 30.3 Å². The van der Waals surface area contributed by atoms with E-state index < -0.39 is 0 Å². The van der Waals surface area contributed by atoms with Crippen LogP contribution in [0.3, 0.4) is 0 Å². The average molecular weight is 271 g/mol. The van der Waals surface area contributed by atoms with Gasteiger partial charge < -0.3 is 4.90 Å². The number of carbonyl (C=O) groups is 1. The second-order valence-electron chi connectivity index (χ2n) is 5.50. The summed E-state index contributed by atoms with van der Waals surface area (Å²) in [5, 5.41) is 8.12. The third kappa shape index (κ3) is 2.30. The average Bonchev–Trinajstić information content (AvgIpc) is 2.93. The molecule has 0 unspecified atom stereocenters. The van der Waals surface area contributed by atoms with Crippen molar-refractivity contribution < 1.29 is 4.79 Å². The van der Waals surface area contributed by atoms with Crippen molar-refractivity contribution >= 4 is 16.8 Å². The van der Waals surface area contributed by atoms with Crippen LogP contribution in [0.15, 0.2) is 24.3 Å². The maximum absolute atomic E-state index is 12.8. The number of nitrogens with one attached hydrogen (secondary N) is 1. The molecule has 1 aromatic carbocycles. The highest BCUT2D eigenvalue weighted by Gasteiger charge is 2.27. The second-order valence-corrected chi connectivity index (χ2v) is 5.50. The first-order valence-electron chi connectivity index (χ1n) is 7.55. The van der Waals surface area contributed by atoms with Gasteiger partial charge in [0.2, 0.25) is 0 Å². The molecule has 1 aliphatic carbocycles. The molecule has 0 bridgehead atoms. The summed E-state index contributed by atoms with van der Waals surface area (Å²) >= 11 is 0. The van der Waals surface area contributed by atoms with E-state index in [4.69, 9.17) is 0 Å². The van der Waals surface area contributed by atoms with Gasteiger partial charge in [0.15, 0.2) is 5.69 Å². The molecule has 20 heavy (non-hydrogen) atoms. The Balaban J connectivity index is 1.89. The summed E-state index contributed by atoms with van der Waals surface area (Å²) < 4.78 is 0. The van der Waals surface area contributed by atoms with Crippen LogP contribution in [-0.4, -0.2) is 33.6 Å². The Kier molecular flexibility index (Phi) is 3.72. The van der Waals surface area contributed by atoms with Crippen LogP contribution in [0.25, 0.3) is 10.9 Å². The topological polar surface area (TPSA) is 49.0 Å². The zero-order chi connectivity index (χ0) is 13.9. The molecule has 1 amide bonds. The first-order chi connectivity index (χ1) is 9.81. The van der Waals surface area contributed by atoms with Crippen LogP contribution in [0, 0.1) is 0 Å². The molecule has 1 aliphatic rings. The van der Waals surface area contributed by atoms with E-state index in [1.807, 2.05) is 29.2 Å². The molecule has 1 heterocycles. The number of carbonyl (C=O) groups excluding carboxylic acids is 1. The van der Waals surface area contributed by atoms with Crippen molar-refractivity contribution in [1.29, 1.82) is 0 Å². The molecule has 0 spiro atoms. The highest BCUT2D eigenvalue weighted by molar-refractivity contribution is 6.04. The summed E-state index contributed by atoms with van der Waals surface area (Å²) in [7, 11) is 0. The molecule has 1 aromatic heterocycles. The van der Waals surface area contributed by atoms with Crippen molar-refractivity contribution in [1.82, 2.24) is 15.1 Å². The van der Waals surface area contributed by atoms with Crippen molar-refractivity contribution in [2.45, 2.75) is 45.1 Å². The quantitative estimate of drug-likeness (QED) is 0.930. The van der Waals surface area contributed by atoms with Gasteiger partial charge >= 0.3 is 0 Å². The molecule has 0 aliphatic heterocycles. The lowest BCUT2D eigenvalue weighted by Gasteiger charge is -2.33. The summed E-state index contributed by atoms with van der Waals surface area (Å²) in [4.78, 5) is 14.8. The SMILES string of the molecule is CCN(C(=O)c1n[nH]c2ccccc12)C1CCCCC1. The summed E-state index contributed by atoms with van der Waals surface area (Å²) in [6.45, 7) is 2.81. The molecule has 4 nitrogen and oxygen atoms in total. The lowest BCUT2D eigenvalue weighted by Crippen LogP contribution is -2.41. The lowest BCUT2D eigenvalue weighted by molar-refractivity contribution is 0.0644. The summed E-state index contributed by atoms with van der Waals surface area (Å²) in [6, 6.07) is 8.20. The van der Waals surface area contributed by atoms with Gasteiger partial charge in [-0.1, -0.05) is 37.5 Å². The number of rotatable bonds is 3. The van der Waals surface area contributed by atoms with Crippen LogP contribution >= 0.6 is 0 Å². The minimum atomic E-state index is 0.0665. The van der Waals surface area contributed by atoms with Gasteiger partial charge in [0.05, 0.1) is 5.52 Å². The number of H-pyrrole nitrogens is 1. The minimum Gasteiger partial charge on any atom is -0.335 e. The van der Waals surface area contributed by atoms with Crippen LogP contribution in [0.2, 0.25) is 0 Å². The fourth-order valence-electron chi connectivity index (χ4n) is 3.22. The number of hydrogen-bond donors (Lipinski definition) is 1. The number of benzene rings is 1. The number of aromatic amines is 1. The van der Waals surface area contributed by atoms with E-state index in [0.29, 0.717) is 11.7 Å². The maximum Gasteiger partial charge on any atom is 0.275 e. The minimum absolute atomic E-state index is 0.0665. The summed E-state index contributed by atoms with van der Waals surface area (Å²) in [5.41, 5.74) is 1.49. The van der Waals surface area contributed by atoms with Crippen molar-refractivity contribution in [3.8, 4) is 0 Å². The molecule has 2 aromatic rings. The van der Waals surface area contributed by atoms with Gasteiger partial charge in [0.1, 0.15) is 0 Å². The number of amides is 1. The smallest absolute Gasteiger partial charge is 0.275 e. The Morgan fingerprint density at radius 1 is 1.30 bits per heavy atom. The Labute approximate surface area is 119 Å². The Hall–Kier alpha value is -1.84.